The number of carboxylic acids is 1. The Morgan fingerprint density at radius 3 is 0.820 bits per heavy atom. The van der Waals surface area contributed by atoms with Gasteiger partial charge in [0.15, 0.2) is 0 Å². The maximum atomic E-state index is 13.5. The molecule has 0 aromatic heterocycles. The molecule has 0 radical (unpaired) electrons. The van der Waals surface area contributed by atoms with Crippen LogP contribution in [-0.4, -0.2) is 156 Å². The molecule has 2 atom stereocenters. The van der Waals surface area contributed by atoms with E-state index in [1.54, 1.807) is 0 Å². The molecular weight excluding hydrogens is 866 g/mol. The zero-order valence-corrected chi connectivity index (χ0v) is 32.0. The van der Waals surface area contributed by atoms with Gasteiger partial charge in [0.05, 0.1) is 6.10 Å². The van der Waals surface area contributed by atoms with Crippen LogP contribution in [-0.2, 0) is 41.3 Å². The van der Waals surface area contributed by atoms with Gasteiger partial charge in [0.2, 0.25) is 11.0 Å². The summed E-state index contributed by atoms with van der Waals surface area (Å²) < 4.78 is 104. The van der Waals surface area contributed by atoms with E-state index in [4.69, 9.17) is 0 Å². The largest absolute Gasteiger partial charge is 0.480 e. The van der Waals surface area contributed by atoms with Gasteiger partial charge in [-0.2, -0.15) is 0 Å². The second kappa shape index (κ2) is 15.6. The smallest absolute Gasteiger partial charge is 0.373 e. The molecule has 0 aliphatic carbocycles. The third-order valence-electron chi connectivity index (χ3n) is 6.41. The molecule has 0 heterocycles. The molecule has 300 valence electrons. The van der Waals surface area contributed by atoms with E-state index in [1.807, 2.05) is 0 Å². The van der Waals surface area contributed by atoms with E-state index in [-0.39, 0.29) is 20.8 Å². The Hall–Kier alpha value is 0.510. The number of carboxylic acid groups (broad SMARTS) is 1. The van der Waals surface area contributed by atoms with Crippen LogP contribution in [0.2, 0.25) is 0 Å². The lowest BCUT2D eigenvalue weighted by Crippen LogP contribution is -2.77. The second-order valence-corrected chi connectivity index (χ2v) is 24.9. The molecule has 18 N–H and O–H groups in total. The molecule has 0 amide bonds. The van der Waals surface area contributed by atoms with Gasteiger partial charge in [-0.25, -0.2) is 14.7 Å². The predicted molar refractivity (Wildman–Crippen MR) is 159 cm³/mol. The lowest BCUT2D eigenvalue weighted by atomic mass is 10.1. The van der Waals surface area contributed by atoms with Crippen molar-refractivity contribution >= 4 is 66.7 Å². The lowest BCUT2D eigenvalue weighted by Gasteiger charge is -2.61. The zero-order chi connectivity index (χ0) is 41.0. The SMILES string of the molecule is CCN(C(P(=O)(O)O)P(=O)(O)O)C(N([C@H](C(=O)O)[C@@H](C)O)C(N(CC)C(P(=O)(O)O)P(=O)(O)O)(P(=O)(O)O)P(=O)(O)O)(P(=O)(O)O)P(=O)(O)O. The van der Waals surface area contributed by atoms with Crippen LogP contribution in [0.3, 0.4) is 0 Å². The van der Waals surface area contributed by atoms with E-state index in [1.165, 1.54) is 0 Å². The molecule has 0 fully saturated rings. The summed E-state index contributed by atoms with van der Waals surface area (Å²) in [5, 5.41) is 8.42. The van der Waals surface area contributed by atoms with Crippen molar-refractivity contribution in [3.63, 3.8) is 0 Å². The summed E-state index contributed by atoms with van der Waals surface area (Å²) in [7, 11) is -59.7. The first-order valence-electron chi connectivity index (χ1n) is 12.2. The highest BCUT2D eigenvalue weighted by Gasteiger charge is 2.85. The monoisotopic (exact) mass is 901 g/mol. The fourth-order valence-electron chi connectivity index (χ4n) is 5.13. The standard InChI is InChI=1S/C12H35N3O27P8/c1-4-13(9(43(19,20)21)44(22,23)24)11(47(31,32)33,48(34,35)36)15(7(6(3)16)8(17)18)12(49(37,38)39,50(40,41)42)14(5-2)10(45(25,26)27)46(28,29)30/h6-7,9-10,16H,4-5H2,1-3H3,(H,17,18)(H2,19,20,21)(H2,22,23,24)(H2,25,26,27)(H2,28,29,30)(H2,31,32,33)(H2,34,35,36)(H2,37,38,39)(H2,40,41,42)/t6-,7+/m1/s1. The predicted octanol–water partition coefficient (Wildman–Crippen LogP) is -4.02. The molecule has 0 unspecified atom stereocenters. The van der Waals surface area contributed by atoms with Crippen LogP contribution in [0.5, 0.6) is 0 Å². The lowest BCUT2D eigenvalue weighted by molar-refractivity contribution is -0.161. The van der Waals surface area contributed by atoms with Gasteiger partial charge in [-0.3, -0.25) is 41.3 Å². The highest BCUT2D eigenvalue weighted by atomic mass is 31.3. The number of hydrogen-bond donors (Lipinski definition) is 18. The van der Waals surface area contributed by atoms with Crippen molar-refractivity contribution < 1.29 is 130 Å². The number of aliphatic carboxylic acids is 1. The number of aliphatic hydroxyl groups is 1. The average molecular weight is 901 g/mol. The number of hydrogen-bond acceptors (Lipinski definition) is 13. The maximum Gasteiger partial charge on any atom is 0.373 e. The van der Waals surface area contributed by atoms with E-state index < -0.39 is 128 Å². The van der Waals surface area contributed by atoms with Crippen molar-refractivity contribution in [1.29, 1.82) is 0 Å². The van der Waals surface area contributed by atoms with Crippen molar-refractivity contribution in [1.82, 2.24) is 14.7 Å². The minimum Gasteiger partial charge on any atom is -0.480 e. The molecule has 0 aromatic rings. The quantitative estimate of drug-likeness (QED) is 0.0433. The van der Waals surface area contributed by atoms with Crippen LogP contribution in [0.25, 0.3) is 0 Å². The first-order chi connectivity index (χ1) is 21.5. The van der Waals surface area contributed by atoms with Crippen LogP contribution in [0.1, 0.15) is 20.8 Å². The Labute approximate surface area is 278 Å². The third-order valence-corrected chi connectivity index (χ3v) is 21.7. The maximum absolute atomic E-state index is 13.5. The van der Waals surface area contributed by atoms with Crippen LogP contribution in [0.4, 0.5) is 0 Å². The number of rotatable bonds is 19. The van der Waals surface area contributed by atoms with Crippen molar-refractivity contribution in [3.8, 4) is 0 Å². The Morgan fingerprint density at radius 2 is 0.720 bits per heavy atom. The van der Waals surface area contributed by atoms with Gasteiger partial charge in [0.25, 0.3) is 10.3 Å². The summed E-state index contributed by atoms with van der Waals surface area (Å²) in [5.74, 6) is -3.14. The van der Waals surface area contributed by atoms with Gasteiger partial charge >= 0.3 is 66.7 Å². The van der Waals surface area contributed by atoms with Crippen molar-refractivity contribution in [2.45, 2.75) is 54.3 Å². The molecule has 30 nitrogen and oxygen atoms in total. The van der Waals surface area contributed by atoms with Crippen molar-refractivity contribution in [2.75, 3.05) is 13.1 Å². The minimum atomic E-state index is -7.95. The fourth-order valence-corrected chi connectivity index (χ4v) is 19.4. The summed E-state index contributed by atoms with van der Waals surface area (Å²) in [6, 6.07) is -4.21. The van der Waals surface area contributed by atoms with Crippen LogP contribution in [0, 0.1) is 0 Å². The Kier molecular flexibility index (Phi) is 15.7. The summed E-state index contributed by atoms with van der Waals surface area (Å²) in [4.78, 5) is 172. The van der Waals surface area contributed by atoms with Crippen LogP contribution < -0.4 is 0 Å². The highest BCUT2D eigenvalue weighted by Crippen LogP contribution is 2.84. The fraction of sp³-hybridized carbons (Fsp3) is 0.917. The summed E-state index contributed by atoms with van der Waals surface area (Å²) >= 11 is 0. The van der Waals surface area contributed by atoms with Gasteiger partial charge in [-0.1, -0.05) is 13.8 Å². The Balaban J connectivity index is 10.4. The molecule has 0 aromatic carbocycles. The van der Waals surface area contributed by atoms with E-state index in [0.29, 0.717) is 0 Å². The third kappa shape index (κ3) is 9.30. The van der Waals surface area contributed by atoms with Crippen molar-refractivity contribution in [3.05, 3.63) is 0 Å². The Bertz CT molecular complexity index is 1450. The normalized spacial score (nSPS) is 16.9. The van der Waals surface area contributed by atoms with Gasteiger partial charge in [0.1, 0.15) is 6.04 Å². The molecule has 0 aliphatic heterocycles. The van der Waals surface area contributed by atoms with Crippen LogP contribution >= 0.6 is 60.8 Å². The van der Waals surface area contributed by atoms with E-state index >= 15 is 0 Å². The molecular formula is C12H35N3O27P8. The van der Waals surface area contributed by atoms with Gasteiger partial charge < -0.3 is 88.5 Å². The molecule has 0 bridgehead atoms. The highest BCUT2D eigenvalue weighted by molar-refractivity contribution is 7.75. The number of nitrogens with zero attached hydrogens (tertiary/aromatic N) is 3. The molecule has 50 heavy (non-hydrogen) atoms. The summed E-state index contributed by atoms with van der Waals surface area (Å²) in [6.07, 6.45) is -3.31. The minimum absolute atomic E-state index is 0.0689. The van der Waals surface area contributed by atoms with Crippen molar-refractivity contribution in [2.24, 2.45) is 0 Å². The van der Waals surface area contributed by atoms with Gasteiger partial charge in [0, 0.05) is 0 Å². The second-order valence-electron chi connectivity index (χ2n) is 9.89. The van der Waals surface area contributed by atoms with Gasteiger partial charge in [-0.05, 0) is 20.0 Å². The first-order valence-corrected chi connectivity index (χ1v) is 25.4. The average Bonchev–Trinajstić information content (AvgIpc) is 2.75. The summed E-state index contributed by atoms with van der Waals surface area (Å²) in [5.41, 5.74) is -8.85. The molecule has 0 saturated heterocycles. The number of carbonyl (C=O) groups is 1. The topological polar surface area (TPSA) is 527 Å². The molecule has 0 saturated carbocycles. The molecule has 0 spiro atoms. The van der Waals surface area contributed by atoms with Crippen LogP contribution in [0.15, 0.2) is 0 Å². The zero-order valence-electron chi connectivity index (χ0n) is 24.9. The Morgan fingerprint density at radius 1 is 0.520 bits per heavy atom. The summed E-state index contributed by atoms with van der Waals surface area (Å²) in [6.45, 7) is -3.59. The molecule has 0 aliphatic rings. The number of aliphatic hydroxyl groups excluding tert-OH is 1. The first kappa shape index (κ1) is 50.5. The van der Waals surface area contributed by atoms with E-state index in [2.05, 4.69) is 0 Å². The van der Waals surface area contributed by atoms with Gasteiger partial charge in [-0.15, -0.1) is 0 Å². The molecule has 38 heteroatoms. The molecule has 0 rings (SSSR count). The van der Waals surface area contributed by atoms with E-state index in [9.17, 15) is 130 Å². The van der Waals surface area contributed by atoms with E-state index in [0.717, 1.165) is 0 Å².